The van der Waals surface area contributed by atoms with Crippen molar-refractivity contribution in [2.45, 2.75) is 33.1 Å². The molecule has 1 heterocycles. The summed E-state index contributed by atoms with van der Waals surface area (Å²) in [6.07, 6.45) is -0.102. The summed E-state index contributed by atoms with van der Waals surface area (Å²) in [4.78, 5) is 10.8. The van der Waals surface area contributed by atoms with Gasteiger partial charge < -0.3 is 5.11 Å². The lowest BCUT2D eigenvalue weighted by Gasteiger charge is -2.13. The highest BCUT2D eigenvalue weighted by Crippen LogP contribution is 2.23. The zero-order valence-electron chi connectivity index (χ0n) is 11.3. The van der Waals surface area contributed by atoms with E-state index in [2.05, 4.69) is 30.2 Å². The fourth-order valence-electron chi connectivity index (χ4n) is 2.06. The number of hydrogen-bond donors (Lipinski definition) is 1. The van der Waals surface area contributed by atoms with Gasteiger partial charge in [-0.25, -0.2) is 4.68 Å². The third kappa shape index (κ3) is 2.65. The Balaban J connectivity index is 2.48. The molecule has 0 radical (unpaired) electrons. The SMILES string of the molecule is Cc1c(CC(=O)O)nnn1-c1ccccc1C(C)C. The van der Waals surface area contributed by atoms with E-state index in [1.165, 1.54) is 0 Å². The number of carboxylic acid groups (broad SMARTS) is 1. The van der Waals surface area contributed by atoms with Gasteiger partial charge in [0.25, 0.3) is 0 Å². The van der Waals surface area contributed by atoms with Gasteiger partial charge in [0, 0.05) is 0 Å². The van der Waals surface area contributed by atoms with Crippen LogP contribution >= 0.6 is 0 Å². The van der Waals surface area contributed by atoms with E-state index >= 15 is 0 Å². The second kappa shape index (κ2) is 5.22. The van der Waals surface area contributed by atoms with Crippen molar-refractivity contribution in [1.82, 2.24) is 15.0 Å². The van der Waals surface area contributed by atoms with E-state index in [0.29, 0.717) is 11.6 Å². The number of rotatable bonds is 4. The minimum atomic E-state index is -0.896. The summed E-state index contributed by atoms with van der Waals surface area (Å²) in [7, 11) is 0. The fourth-order valence-corrected chi connectivity index (χ4v) is 2.06. The molecule has 0 saturated heterocycles. The summed E-state index contributed by atoms with van der Waals surface area (Å²) in [6, 6.07) is 7.96. The standard InChI is InChI=1S/C14H17N3O2/c1-9(2)11-6-4-5-7-13(11)17-10(3)12(15-16-17)8-14(18)19/h4-7,9H,8H2,1-3H3,(H,18,19). The average Bonchev–Trinajstić information content (AvgIpc) is 2.70. The molecule has 1 N–H and O–H groups in total. The summed E-state index contributed by atoms with van der Waals surface area (Å²) >= 11 is 0. The molecule has 2 rings (SSSR count). The first-order valence-electron chi connectivity index (χ1n) is 6.23. The Morgan fingerprint density at radius 2 is 2.05 bits per heavy atom. The molecule has 0 aliphatic heterocycles. The van der Waals surface area contributed by atoms with Gasteiger partial charge in [-0.05, 0) is 24.5 Å². The zero-order valence-corrected chi connectivity index (χ0v) is 11.3. The smallest absolute Gasteiger partial charge is 0.309 e. The predicted molar refractivity (Wildman–Crippen MR) is 71.5 cm³/mol. The van der Waals surface area contributed by atoms with Crippen LogP contribution in [0.5, 0.6) is 0 Å². The lowest BCUT2D eigenvalue weighted by Crippen LogP contribution is -2.06. The van der Waals surface area contributed by atoms with Crippen molar-refractivity contribution < 1.29 is 9.90 Å². The van der Waals surface area contributed by atoms with E-state index < -0.39 is 5.97 Å². The maximum atomic E-state index is 10.8. The molecule has 0 amide bonds. The third-order valence-corrected chi connectivity index (χ3v) is 3.10. The second-order valence-corrected chi connectivity index (χ2v) is 4.82. The number of aliphatic carboxylic acids is 1. The minimum absolute atomic E-state index is 0.102. The van der Waals surface area contributed by atoms with Gasteiger partial charge >= 0.3 is 5.97 Å². The van der Waals surface area contributed by atoms with E-state index in [-0.39, 0.29) is 6.42 Å². The second-order valence-electron chi connectivity index (χ2n) is 4.82. The van der Waals surface area contributed by atoms with Crippen molar-refractivity contribution >= 4 is 5.97 Å². The van der Waals surface area contributed by atoms with Crippen molar-refractivity contribution in [2.75, 3.05) is 0 Å². The normalized spacial score (nSPS) is 10.9. The summed E-state index contributed by atoms with van der Waals surface area (Å²) in [5.41, 5.74) is 3.40. The Morgan fingerprint density at radius 3 is 2.68 bits per heavy atom. The van der Waals surface area contributed by atoms with Crippen LogP contribution in [-0.2, 0) is 11.2 Å². The maximum absolute atomic E-state index is 10.8. The summed E-state index contributed by atoms with van der Waals surface area (Å²) < 4.78 is 1.72. The molecule has 0 aliphatic carbocycles. The number of para-hydroxylation sites is 1. The molecule has 5 nitrogen and oxygen atoms in total. The number of nitrogens with zero attached hydrogens (tertiary/aromatic N) is 3. The van der Waals surface area contributed by atoms with E-state index in [9.17, 15) is 4.79 Å². The average molecular weight is 259 g/mol. The number of aromatic nitrogens is 3. The molecule has 5 heteroatoms. The van der Waals surface area contributed by atoms with Crippen LogP contribution in [0.2, 0.25) is 0 Å². The van der Waals surface area contributed by atoms with Gasteiger partial charge in [0.1, 0.15) is 0 Å². The van der Waals surface area contributed by atoms with Gasteiger partial charge in [-0.2, -0.15) is 0 Å². The van der Waals surface area contributed by atoms with Crippen molar-refractivity contribution in [3.63, 3.8) is 0 Å². The van der Waals surface area contributed by atoms with Crippen molar-refractivity contribution in [1.29, 1.82) is 0 Å². The molecule has 0 saturated carbocycles. The minimum Gasteiger partial charge on any atom is -0.481 e. The lowest BCUT2D eigenvalue weighted by molar-refractivity contribution is -0.136. The van der Waals surface area contributed by atoms with Crippen molar-refractivity contribution in [3.8, 4) is 5.69 Å². The molecule has 0 bridgehead atoms. The molecule has 1 aromatic carbocycles. The first-order chi connectivity index (χ1) is 9.00. The van der Waals surface area contributed by atoms with Crippen molar-refractivity contribution in [3.05, 3.63) is 41.2 Å². The van der Waals surface area contributed by atoms with Crippen LogP contribution in [0.4, 0.5) is 0 Å². The molecule has 0 unspecified atom stereocenters. The Bertz CT molecular complexity index is 602. The van der Waals surface area contributed by atoms with Crippen LogP contribution in [-0.4, -0.2) is 26.1 Å². The summed E-state index contributed by atoms with van der Waals surface area (Å²) in [5, 5.41) is 16.9. The molecular weight excluding hydrogens is 242 g/mol. The Morgan fingerprint density at radius 1 is 1.37 bits per heavy atom. The highest BCUT2D eigenvalue weighted by Gasteiger charge is 2.15. The van der Waals surface area contributed by atoms with Gasteiger partial charge in [0.15, 0.2) is 0 Å². The summed E-state index contributed by atoms with van der Waals surface area (Å²) in [5.74, 6) is -0.532. The molecule has 2 aromatic rings. The Labute approximate surface area is 111 Å². The van der Waals surface area contributed by atoms with Gasteiger partial charge in [-0.15, -0.1) is 5.10 Å². The topological polar surface area (TPSA) is 68.0 Å². The van der Waals surface area contributed by atoms with Crippen LogP contribution in [0.1, 0.15) is 36.7 Å². The Hall–Kier alpha value is -2.17. The first kappa shape index (κ1) is 13.3. The zero-order chi connectivity index (χ0) is 14.0. The quantitative estimate of drug-likeness (QED) is 0.915. The molecule has 0 aliphatic rings. The monoisotopic (exact) mass is 259 g/mol. The number of carbonyl (C=O) groups is 1. The molecule has 0 fully saturated rings. The molecule has 0 spiro atoms. The number of hydrogen-bond acceptors (Lipinski definition) is 3. The molecule has 19 heavy (non-hydrogen) atoms. The highest BCUT2D eigenvalue weighted by atomic mass is 16.4. The van der Waals surface area contributed by atoms with Crippen molar-refractivity contribution in [2.24, 2.45) is 0 Å². The largest absolute Gasteiger partial charge is 0.481 e. The number of benzene rings is 1. The molecule has 1 aromatic heterocycles. The lowest BCUT2D eigenvalue weighted by atomic mass is 10.0. The van der Waals surface area contributed by atoms with Gasteiger partial charge in [0.2, 0.25) is 0 Å². The third-order valence-electron chi connectivity index (χ3n) is 3.10. The van der Waals surface area contributed by atoms with Crippen LogP contribution < -0.4 is 0 Å². The highest BCUT2D eigenvalue weighted by molar-refractivity contribution is 5.69. The van der Waals surface area contributed by atoms with Crippen LogP contribution in [0.25, 0.3) is 5.69 Å². The van der Waals surface area contributed by atoms with Gasteiger partial charge in [0.05, 0.1) is 23.5 Å². The van der Waals surface area contributed by atoms with E-state index in [0.717, 1.165) is 16.9 Å². The maximum Gasteiger partial charge on any atom is 0.309 e. The Kier molecular flexibility index (Phi) is 3.64. The van der Waals surface area contributed by atoms with Crippen LogP contribution in [0.3, 0.4) is 0 Å². The fraction of sp³-hybridized carbons (Fsp3) is 0.357. The van der Waals surface area contributed by atoms with E-state index in [1.807, 2.05) is 25.1 Å². The van der Waals surface area contributed by atoms with E-state index in [4.69, 9.17) is 5.11 Å². The van der Waals surface area contributed by atoms with Crippen LogP contribution in [0, 0.1) is 6.92 Å². The first-order valence-corrected chi connectivity index (χ1v) is 6.23. The predicted octanol–water partition coefficient (Wildman–Crippen LogP) is 2.33. The molecule has 100 valence electrons. The molecular formula is C14H17N3O2. The van der Waals surface area contributed by atoms with E-state index in [1.54, 1.807) is 4.68 Å². The number of carboxylic acids is 1. The van der Waals surface area contributed by atoms with Crippen LogP contribution in [0.15, 0.2) is 24.3 Å². The summed E-state index contributed by atoms with van der Waals surface area (Å²) in [6.45, 7) is 6.07. The van der Waals surface area contributed by atoms with Gasteiger partial charge in [-0.3, -0.25) is 4.79 Å². The molecule has 0 atom stereocenters. The van der Waals surface area contributed by atoms with Gasteiger partial charge in [-0.1, -0.05) is 37.3 Å².